The van der Waals surface area contributed by atoms with Crippen LogP contribution in [-0.4, -0.2) is 27.3 Å². The van der Waals surface area contributed by atoms with Gasteiger partial charge in [0.05, 0.1) is 24.7 Å². The maximum absolute atomic E-state index is 12.8. The van der Waals surface area contributed by atoms with Gasteiger partial charge in [0, 0.05) is 12.7 Å². The van der Waals surface area contributed by atoms with Crippen LogP contribution in [0.4, 0.5) is 0 Å². The summed E-state index contributed by atoms with van der Waals surface area (Å²) < 4.78 is 5.40. The van der Waals surface area contributed by atoms with Crippen molar-refractivity contribution < 1.29 is 9.21 Å². The molecule has 0 bridgehead atoms. The number of amides is 1. The molecule has 2 aromatic heterocycles. The molecule has 0 aliphatic carbocycles. The Balaban J connectivity index is 1.68. The molecule has 0 fully saturated rings. The number of carbonyl (C=O) groups excluding carboxylic acids is 1. The molecule has 0 radical (unpaired) electrons. The molecule has 25 heavy (non-hydrogen) atoms. The van der Waals surface area contributed by atoms with Crippen LogP contribution in [0.2, 0.25) is 0 Å². The summed E-state index contributed by atoms with van der Waals surface area (Å²) in [5.74, 6) is 0.630. The highest BCUT2D eigenvalue weighted by Crippen LogP contribution is 2.11. The summed E-state index contributed by atoms with van der Waals surface area (Å²) in [6.07, 6.45) is 6.55. The lowest BCUT2D eigenvalue weighted by atomic mass is 10.1. The Morgan fingerprint density at radius 3 is 2.60 bits per heavy atom. The number of hydrogen-bond donors (Lipinski definition) is 0. The highest BCUT2D eigenvalue weighted by atomic mass is 16.3. The highest BCUT2D eigenvalue weighted by molar-refractivity contribution is 5.91. The molecule has 1 aromatic carbocycles. The Morgan fingerprint density at radius 2 is 1.92 bits per heavy atom. The van der Waals surface area contributed by atoms with E-state index >= 15 is 0 Å². The molecule has 1 amide bonds. The first-order chi connectivity index (χ1) is 12.2. The maximum Gasteiger partial charge on any atom is 0.274 e. The third-order valence-corrected chi connectivity index (χ3v) is 3.95. The van der Waals surface area contributed by atoms with E-state index in [1.165, 1.54) is 11.8 Å². The Kier molecular flexibility index (Phi) is 5.57. The Hall–Kier alpha value is -2.95. The number of aromatic nitrogens is 2. The molecule has 0 saturated carbocycles. The van der Waals surface area contributed by atoms with Crippen LogP contribution in [0.1, 0.15) is 33.9 Å². The van der Waals surface area contributed by atoms with Crippen LogP contribution >= 0.6 is 0 Å². The van der Waals surface area contributed by atoms with Crippen molar-refractivity contribution >= 4 is 5.91 Å². The zero-order chi connectivity index (χ0) is 17.5. The molecule has 3 rings (SSSR count). The molecule has 0 atom stereocenters. The van der Waals surface area contributed by atoms with E-state index < -0.39 is 0 Å². The number of nitrogens with zero attached hydrogens (tertiary/aromatic N) is 3. The molecule has 5 nitrogen and oxygen atoms in total. The first-order valence-electron chi connectivity index (χ1n) is 8.36. The normalized spacial score (nSPS) is 10.6. The minimum absolute atomic E-state index is 0.128. The van der Waals surface area contributed by atoms with Crippen molar-refractivity contribution in [2.45, 2.75) is 26.3 Å². The van der Waals surface area contributed by atoms with Gasteiger partial charge >= 0.3 is 0 Å². The molecular weight excluding hydrogens is 314 g/mol. The van der Waals surface area contributed by atoms with Crippen molar-refractivity contribution in [2.24, 2.45) is 0 Å². The van der Waals surface area contributed by atoms with Gasteiger partial charge in [-0.15, -0.1) is 0 Å². The van der Waals surface area contributed by atoms with Crippen LogP contribution < -0.4 is 0 Å². The number of benzene rings is 1. The third kappa shape index (κ3) is 4.76. The fourth-order valence-electron chi connectivity index (χ4n) is 2.63. The van der Waals surface area contributed by atoms with Crippen molar-refractivity contribution in [1.82, 2.24) is 14.9 Å². The van der Waals surface area contributed by atoms with Crippen LogP contribution in [0.5, 0.6) is 0 Å². The summed E-state index contributed by atoms with van der Waals surface area (Å²) in [4.78, 5) is 23.0. The van der Waals surface area contributed by atoms with Crippen molar-refractivity contribution in [3.8, 4) is 0 Å². The van der Waals surface area contributed by atoms with Gasteiger partial charge in [0.2, 0.25) is 0 Å². The van der Waals surface area contributed by atoms with Gasteiger partial charge in [0.1, 0.15) is 11.5 Å². The van der Waals surface area contributed by atoms with E-state index in [1.807, 2.05) is 37.3 Å². The fraction of sp³-hybridized carbons (Fsp3) is 0.250. The van der Waals surface area contributed by atoms with Crippen molar-refractivity contribution in [3.63, 3.8) is 0 Å². The minimum atomic E-state index is -0.128. The van der Waals surface area contributed by atoms with Crippen LogP contribution in [0, 0.1) is 6.92 Å². The molecule has 0 spiro atoms. The third-order valence-electron chi connectivity index (χ3n) is 3.95. The Morgan fingerprint density at radius 1 is 1.08 bits per heavy atom. The van der Waals surface area contributed by atoms with Crippen LogP contribution in [0.3, 0.4) is 0 Å². The Labute approximate surface area is 147 Å². The lowest BCUT2D eigenvalue weighted by molar-refractivity contribution is 0.0723. The number of rotatable bonds is 7. The first-order valence-corrected chi connectivity index (χ1v) is 8.36. The summed E-state index contributed by atoms with van der Waals surface area (Å²) in [5, 5.41) is 0. The zero-order valence-corrected chi connectivity index (χ0v) is 14.3. The number of furan rings is 1. The second-order valence-corrected chi connectivity index (χ2v) is 5.94. The minimum Gasteiger partial charge on any atom is -0.467 e. The molecule has 0 aliphatic rings. The summed E-state index contributed by atoms with van der Waals surface area (Å²) in [6, 6.07) is 14.0. The molecule has 2 heterocycles. The molecule has 3 aromatic rings. The standard InChI is InChI=1S/C20H21N3O2/c1-16-13-22-19(14-21-16)20(24)23(15-18-10-6-12-25-18)11-5-9-17-7-3-2-4-8-17/h2-4,6-8,10,12-14H,5,9,11,15H2,1H3. The molecular formula is C20H21N3O2. The van der Waals surface area contributed by atoms with Crippen LogP contribution in [-0.2, 0) is 13.0 Å². The summed E-state index contributed by atoms with van der Waals surface area (Å²) in [5.41, 5.74) is 2.41. The summed E-state index contributed by atoms with van der Waals surface area (Å²) in [7, 11) is 0. The molecule has 128 valence electrons. The highest BCUT2D eigenvalue weighted by Gasteiger charge is 2.18. The van der Waals surface area contributed by atoms with Gasteiger partial charge in [-0.05, 0) is 37.5 Å². The summed E-state index contributed by atoms with van der Waals surface area (Å²) in [6.45, 7) is 2.90. The van der Waals surface area contributed by atoms with Crippen molar-refractivity contribution in [1.29, 1.82) is 0 Å². The average Bonchev–Trinajstić information content (AvgIpc) is 3.15. The van der Waals surface area contributed by atoms with Crippen LogP contribution in [0.15, 0.2) is 65.5 Å². The number of aryl methyl sites for hydroxylation is 2. The summed E-state index contributed by atoms with van der Waals surface area (Å²) >= 11 is 0. The van der Waals surface area contributed by atoms with Gasteiger partial charge in [0.15, 0.2) is 0 Å². The van der Waals surface area contributed by atoms with E-state index in [-0.39, 0.29) is 5.91 Å². The van der Waals surface area contributed by atoms with Gasteiger partial charge in [0.25, 0.3) is 5.91 Å². The predicted octanol–water partition coefficient (Wildman–Crippen LogP) is 3.65. The number of hydrogen-bond acceptors (Lipinski definition) is 4. The smallest absolute Gasteiger partial charge is 0.274 e. The quantitative estimate of drug-likeness (QED) is 0.661. The van der Waals surface area contributed by atoms with Gasteiger partial charge in [-0.3, -0.25) is 9.78 Å². The van der Waals surface area contributed by atoms with E-state index in [0.29, 0.717) is 18.8 Å². The van der Waals surface area contributed by atoms with E-state index in [4.69, 9.17) is 4.42 Å². The van der Waals surface area contributed by atoms with Gasteiger partial charge in [-0.2, -0.15) is 0 Å². The average molecular weight is 335 g/mol. The van der Waals surface area contributed by atoms with Crippen LogP contribution in [0.25, 0.3) is 0 Å². The van der Waals surface area contributed by atoms with Crippen molar-refractivity contribution in [3.05, 3.63) is 83.8 Å². The lowest BCUT2D eigenvalue weighted by Crippen LogP contribution is -2.32. The van der Waals surface area contributed by atoms with Crippen molar-refractivity contribution in [2.75, 3.05) is 6.54 Å². The van der Waals surface area contributed by atoms with Gasteiger partial charge in [-0.1, -0.05) is 30.3 Å². The van der Waals surface area contributed by atoms with E-state index in [2.05, 4.69) is 22.1 Å². The molecule has 5 heteroatoms. The second-order valence-electron chi connectivity index (χ2n) is 5.94. The fourth-order valence-corrected chi connectivity index (χ4v) is 2.63. The van der Waals surface area contributed by atoms with E-state index in [0.717, 1.165) is 24.3 Å². The topological polar surface area (TPSA) is 59.2 Å². The largest absolute Gasteiger partial charge is 0.467 e. The first kappa shape index (κ1) is 16.9. The monoisotopic (exact) mass is 335 g/mol. The zero-order valence-electron chi connectivity index (χ0n) is 14.3. The van der Waals surface area contributed by atoms with E-state index in [1.54, 1.807) is 17.4 Å². The van der Waals surface area contributed by atoms with Gasteiger partial charge in [-0.25, -0.2) is 4.98 Å². The van der Waals surface area contributed by atoms with Gasteiger partial charge < -0.3 is 9.32 Å². The molecule has 0 unspecified atom stereocenters. The molecule has 0 N–H and O–H groups in total. The number of carbonyl (C=O) groups is 1. The lowest BCUT2D eigenvalue weighted by Gasteiger charge is -2.21. The maximum atomic E-state index is 12.8. The SMILES string of the molecule is Cc1cnc(C(=O)N(CCCc2ccccc2)Cc2ccco2)cn1. The predicted molar refractivity (Wildman–Crippen MR) is 95.0 cm³/mol. The molecule has 0 aliphatic heterocycles. The van der Waals surface area contributed by atoms with E-state index in [9.17, 15) is 4.79 Å². The molecule has 0 saturated heterocycles. The second kappa shape index (κ2) is 8.24. The Bertz CT molecular complexity index is 784.